The molecule has 2 heterocycles. The Hall–Kier alpha value is -0.920. The molecule has 0 atom stereocenters. The lowest BCUT2D eigenvalue weighted by Gasteiger charge is -2.08. The number of ether oxygens (including phenoxy) is 1. The predicted octanol–water partition coefficient (Wildman–Crippen LogP) is 4.32. The van der Waals surface area contributed by atoms with Gasteiger partial charge in [0.15, 0.2) is 0 Å². The largest absolute Gasteiger partial charge is 0.476 e. The fraction of sp³-hybridized carbons (Fsp3) is 0.167. The van der Waals surface area contributed by atoms with E-state index in [2.05, 4.69) is 42.2 Å². The van der Waals surface area contributed by atoms with Crippen LogP contribution in [-0.4, -0.2) is 17.5 Å². The van der Waals surface area contributed by atoms with E-state index in [0.29, 0.717) is 23.1 Å². The van der Waals surface area contributed by atoms with Crippen molar-refractivity contribution in [2.24, 2.45) is 0 Å². The first-order chi connectivity index (χ1) is 9.11. The fourth-order valence-electron chi connectivity index (χ4n) is 1.38. The topological polar surface area (TPSA) is 51.2 Å². The molecule has 0 aliphatic heterocycles. The van der Waals surface area contributed by atoms with Crippen molar-refractivity contribution >= 4 is 54.8 Å². The van der Waals surface area contributed by atoms with Crippen molar-refractivity contribution in [3.05, 3.63) is 37.5 Å². The summed E-state index contributed by atoms with van der Waals surface area (Å²) in [6, 6.07) is 5.27. The molecule has 0 bridgehead atoms. The van der Waals surface area contributed by atoms with Crippen LogP contribution in [-0.2, 0) is 0 Å². The van der Waals surface area contributed by atoms with E-state index in [4.69, 9.17) is 4.74 Å². The molecule has 2 aromatic heterocycles. The number of aromatic nitrogens is 1. The van der Waals surface area contributed by atoms with Crippen molar-refractivity contribution in [3.8, 4) is 5.88 Å². The summed E-state index contributed by atoms with van der Waals surface area (Å²) in [7, 11) is 0. The molecule has 4 nitrogen and oxygen atoms in total. The number of hydrogen-bond acceptors (Lipinski definition) is 4. The summed E-state index contributed by atoms with van der Waals surface area (Å²) in [6.07, 6.45) is 1.62. The van der Waals surface area contributed by atoms with Gasteiger partial charge in [-0.2, -0.15) is 0 Å². The number of anilines is 1. The first-order valence-electron chi connectivity index (χ1n) is 5.45. The Morgan fingerprint density at radius 3 is 2.95 bits per heavy atom. The van der Waals surface area contributed by atoms with Crippen molar-refractivity contribution in [1.29, 1.82) is 0 Å². The molecular formula is C12H10Br2N2O2S. The van der Waals surface area contributed by atoms with Crippen molar-refractivity contribution in [1.82, 2.24) is 4.98 Å². The van der Waals surface area contributed by atoms with E-state index >= 15 is 0 Å². The Balaban J connectivity index is 2.19. The van der Waals surface area contributed by atoms with Gasteiger partial charge in [0.05, 0.1) is 15.3 Å². The van der Waals surface area contributed by atoms with Crippen LogP contribution in [0.2, 0.25) is 0 Å². The smallest absolute Gasteiger partial charge is 0.265 e. The van der Waals surface area contributed by atoms with Crippen LogP contribution in [0.1, 0.15) is 16.6 Å². The molecule has 0 unspecified atom stereocenters. The van der Waals surface area contributed by atoms with Crippen LogP contribution in [0.4, 0.5) is 5.69 Å². The lowest BCUT2D eigenvalue weighted by atomic mass is 10.3. The zero-order valence-corrected chi connectivity index (χ0v) is 13.9. The third-order valence-corrected chi connectivity index (χ3v) is 5.42. The highest BCUT2D eigenvalue weighted by molar-refractivity contribution is 9.13. The molecule has 1 amide bonds. The summed E-state index contributed by atoms with van der Waals surface area (Å²) in [5.41, 5.74) is 0.565. The van der Waals surface area contributed by atoms with Gasteiger partial charge in [0.25, 0.3) is 5.91 Å². The van der Waals surface area contributed by atoms with Gasteiger partial charge in [0, 0.05) is 10.7 Å². The number of carbonyl (C=O) groups is 1. The Bertz CT molecular complexity index is 582. The van der Waals surface area contributed by atoms with Crippen LogP contribution in [0.3, 0.4) is 0 Å². The molecule has 0 radical (unpaired) electrons. The van der Waals surface area contributed by atoms with Crippen molar-refractivity contribution < 1.29 is 9.53 Å². The van der Waals surface area contributed by atoms with E-state index in [1.165, 1.54) is 11.3 Å². The van der Waals surface area contributed by atoms with E-state index in [1.54, 1.807) is 24.4 Å². The van der Waals surface area contributed by atoms with E-state index in [-0.39, 0.29) is 5.91 Å². The van der Waals surface area contributed by atoms with Crippen LogP contribution in [0.25, 0.3) is 0 Å². The molecule has 100 valence electrons. The molecule has 0 aromatic carbocycles. The maximum Gasteiger partial charge on any atom is 0.265 e. The van der Waals surface area contributed by atoms with Gasteiger partial charge in [-0.1, -0.05) is 0 Å². The van der Waals surface area contributed by atoms with Gasteiger partial charge in [0.2, 0.25) is 5.88 Å². The number of hydrogen-bond donors (Lipinski definition) is 1. The third-order valence-electron chi connectivity index (χ3n) is 2.17. The Morgan fingerprint density at radius 2 is 2.32 bits per heavy atom. The minimum atomic E-state index is -0.189. The molecule has 2 rings (SSSR count). The number of amides is 1. The van der Waals surface area contributed by atoms with Gasteiger partial charge >= 0.3 is 0 Å². The number of nitrogens with zero attached hydrogens (tertiary/aromatic N) is 1. The van der Waals surface area contributed by atoms with Gasteiger partial charge < -0.3 is 10.1 Å². The highest BCUT2D eigenvalue weighted by Gasteiger charge is 2.14. The summed E-state index contributed by atoms with van der Waals surface area (Å²) < 4.78 is 7.11. The molecule has 0 saturated carbocycles. The zero-order valence-electron chi connectivity index (χ0n) is 9.94. The number of thiophene rings is 1. The lowest BCUT2D eigenvalue weighted by Crippen LogP contribution is -2.12. The van der Waals surface area contributed by atoms with Crippen LogP contribution < -0.4 is 10.1 Å². The molecule has 1 N–H and O–H groups in total. The highest BCUT2D eigenvalue weighted by atomic mass is 79.9. The minimum absolute atomic E-state index is 0.189. The number of nitrogens with one attached hydrogen (secondary N) is 1. The van der Waals surface area contributed by atoms with E-state index in [9.17, 15) is 4.79 Å². The average molecular weight is 406 g/mol. The Kier molecular flexibility index (Phi) is 4.95. The maximum absolute atomic E-state index is 12.1. The standard InChI is InChI=1S/C12H10Br2N2O2S/c1-2-18-12-8(4-3-5-15-12)16-11(17)9-6-7(13)10(14)19-9/h3-6H,2H2,1H3,(H,16,17). The van der Waals surface area contributed by atoms with E-state index in [1.807, 2.05) is 6.92 Å². The van der Waals surface area contributed by atoms with E-state index < -0.39 is 0 Å². The summed E-state index contributed by atoms with van der Waals surface area (Å²) in [5, 5.41) is 2.79. The zero-order chi connectivity index (χ0) is 13.8. The summed E-state index contributed by atoms with van der Waals surface area (Å²) in [4.78, 5) is 16.8. The average Bonchev–Trinajstić information content (AvgIpc) is 2.72. The number of halogens is 2. The molecule has 19 heavy (non-hydrogen) atoms. The fourth-order valence-corrected chi connectivity index (χ4v) is 3.31. The van der Waals surface area contributed by atoms with Crippen LogP contribution in [0.5, 0.6) is 5.88 Å². The van der Waals surface area contributed by atoms with Crippen molar-refractivity contribution in [3.63, 3.8) is 0 Å². The molecular weight excluding hydrogens is 396 g/mol. The van der Waals surface area contributed by atoms with Crippen molar-refractivity contribution in [2.45, 2.75) is 6.92 Å². The SMILES string of the molecule is CCOc1ncccc1NC(=O)c1cc(Br)c(Br)s1. The second-order valence-electron chi connectivity index (χ2n) is 3.48. The summed E-state index contributed by atoms with van der Waals surface area (Å²) in [6.45, 7) is 2.36. The van der Waals surface area contributed by atoms with Gasteiger partial charge in [-0.25, -0.2) is 4.98 Å². The molecule has 0 saturated heterocycles. The monoisotopic (exact) mass is 404 g/mol. The second-order valence-corrected chi connectivity index (χ2v) is 6.70. The lowest BCUT2D eigenvalue weighted by molar-refractivity contribution is 0.103. The molecule has 0 fully saturated rings. The molecule has 0 aliphatic rings. The van der Waals surface area contributed by atoms with E-state index in [0.717, 1.165) is 8.26 Å². The van der Waals surface area contributed by atoms with Crippen LogP contribution >= 0.6 is 43.2 Å². The Morgan fingerprint density at radius 1 is 1.53 bits per heavy atom. The molecule has 7 heteroatoms. The number of carbonyl (C=O) groups excluding carboxylic acids is 1. The van der Waals surface area contributed by atoms with Crippen molar-refractivity contribution in [2.75, 3.05) is 11.9 Å². The normalized spacial score (nSPS) is 10.3. The maximum atomic E-state index is 12.1. The first-order valence-corrected chi connectivity index (χ1v) is 7.86. The second kappa shape index (κ2) is 6.49. The summed E-state index contributed by atoms with van der Waals surface area (Å²) in [5.74, 6) is 0.235. The van der Waals surface area contributed by atoms with Gasteiger partial charge in [-0.15, -0.1) is 11.3 Å². The van der Waals surface area contributed by atoms with Crippen LogP contribution in [0, 0.1) is 0 Å². The third kappa shape index (κ3) is 3.55. The Labute approximate surface area is 131 Å². The minimum Gasteiger partial charge on any atom is -0.476 e. The quantitative estimate of drug-likeness (QED) is 0.823. The van der Waals surface area contributed by atoms with Gasteiger partial charge in [-0.05, 0) is 57.0 Å². The summed E-state index contributed by atoms with van der Waals surface area (Å²) >= 11 is 8.08. The molecule has 0 spiro atoms. The first kappa shape index (κ1) is 14.5. The molecule has 2 aromatic rings. The van der Waals surface area contributed by atoms with Gasteiger partial charge in [0.1, 0.15) is 5.69 Å². The number of pyridine rings is 1. The number of rotatable bonds is 4. The van der Waals surface area contributed by atoms with Gasteiger partial charge in [-0.3, -0.25) is 4.79 Å². The van der Waals surface area contributed by atoms with Crippen LogP contribution in [0.15, 0.2) is 32.7 Å². The highest BCUT2D eigenvalue weighted by Crippen LogP contribution is 2.33. The molecule has 0 aliphatic carbocycles. The predicted molar refractivity (Wildman–Crippen MR) is 83.1 cm³/mol.